The second-order valence-electron chi connectivity index (χ2n) is 7.81. The van der Waals surface area contributed by atoms with Crippen molar-refractivity contribution in [3.8, 4) is 0 Å². The summed E-state index contributed by atoms with van der Waals surface area (Å²) in [5, 5.41) is 9.77. The van der Waals surface area contributed by atoms with Crippen LogP contribution in [0.1, 0.15) is 44.7 Å². The van der Waals surface area contributed by atoms with Gasteiger partial charge in [0.25, 0.3) is 0 Å². The van der Waals surface area contributed by atoms with Gasteiger partial charge in [-0.3, -0.25) is 10.3 Å². The predicted octanol–water partition coefficient (Wildman–Crippen LogP) is 2.90. The van der Waals surface area contributed by atoms with Crippen molar-refractivity contribution in [2.45, 2.75) is 38.3 Å². The van der Waals surface area contributed by atoms with E-state index >= 15 is 0 Å². The molecular weight excluding hydrogens is 384 g/mol. The number of oxazole rings is 1. The van der Waals surface area contributed by atoms with Crippen LogP contribution in [0.3, 0.4) is 0 Å². The van der Waals surface area contributed by atoms with Gasteiger partial charge in [0.1, 0.15) is 17.0 Å². The van der Waals surface area contributed by atoms with Crippen LogP contribution in [-0.4, -0.2) is 33.0 Å². The van der Waals surface area contributed by atoms with Gasteiger partial charge in [-0.05, 0) is 25.5 Å². The molecule has 0 amide bonds. The van der Waals surface area contributed by atoms with Crippen LogP contribution in [0, 0.1) is 13.8 Å². The molecule has 4 aromatic rings. The number of nitrogens with zero attached hydrogens (tertiary/aromatic N) is 3. The number of rotatable bonds is 2. The number of H-pyrrole nitrogens is 1. The van der Waals surface area contributed by atoms with Gasteiger partial charge in [-0.1, -0.05) is 0 Å². The highest BCUT2D eigenvalue weighted by molar-refractivity contribution is 7.11. The van der Waals surface area contributed by atoms with E-state index in [2.05, 4.69) is 33.6 Å². The quantitative estimate of drug-likeness (QED) is 0.474. The van der Waals surface area contributed by atoms with E-state index in [0.717, 1.165) is 64.7 Å². The van der Waals surface area contributed by atoms with Gasteiger partial charge in [-0.25, -0.2) is 9.97 Å². The number of hydrogen-bond acceptors (Lipinski definition) is 7. The molecule has 3 N–H and O–H groups in total. The number of hydrogen-bond donors (Lipinski definition) is 3. The fourth-order valence-electron chi connectivity index (χ4n) is 4.88. The number of thiazole rings is 1. The number of nitrogens with one attached hydrogen (secondary N) is 3. The van der Waals surface area contributed by atoms with Crippen molar-refractivity contribution >= 4 is 22.2 Å². The van der Waals surface area contributed by atoms with E-state index < -0.39 is 5.54 Å². The van der Waals surface area contributed by atoms with Crippen LogP contribution in [0.5, 0.6) is 0 Å². The van der Waals surface area contributed by atoms with Gasteiger partial charge < -0.3 is 14.7 Å². The third-order valence-electron chi connectivity index (χ3n) is 6.02. The highest BCUT2D eigenvalue weighted by Crippen LogP contribution is 2.47. The summed E-state index contributed by atoms with van der Waals surface area (Å²) in [6, 6.07) is 4.13. The van der Waals surface area contributed by atoms with Crippen molar-refractivity contribution in [2.24, 2.45) is 0 Å². The van der Waals surface area contributed by atoms with E-state index in [-0.39, 0.29) is 6.04 Å². The molecule has 29 heavy (non-hydrogen) atoms. The molecule has 6 rings (SSSR count). The first-order valence-electron chi connectivity index (χ1n) is 10.00. The van der Waals surface area contributed by atoms with E-state index in [9.17, 15) is 0 Å². The van der Waals surface area contributed by atoms with Crippen molar-refractivity contribution < 1.29 is 4.42 Å². The van der Waals surface area contributed by atoms with Gasteiger partial charge in [-0.15, -0.1) is 11.3 Å². The summed E-state index contributed by atoms with van der Waals surface area (Å²) in [5.74, 6) is 1.69. The Balaban J connectivity index is 1.65. The van der Waals surface area contributed by atoms with E-state index in [1.165, 1.54) is 4.88 Å². The second-order valence-corrected chi connectivity index (χ2v) is 9.10. The van der Waals surface area contributed by atoms with Crippen molar-refractivity contribution in [3.05, 3.63) is 63.1 Å². The number of fused-ring (bicyclic) bond motifs is 3. The number of aryl methyl sites for hydroxylation is 2. The number of pyridine rings is 1. The SMILES string of the molecule is Cc1nc2c(o1)CCNC2C1(c2cc3cnccc3[nH]2)NCCc2sc(C)nc21. The van der Waals surface area contributed by atoms with Crippen LogP contribution in [0.2, 0.25) is 0 Å². The first kappa shape index (κ1) is 17.3. The normalized spacial score (nSPS) is 23.9. The van der Waals surface area contributed by atoms with Crippen LogP contribution >= 0.6 is 11.3 Å². The zero-order chi connectivity index (χ0) is 19.6. The molecule has 8 heteroatoms. The van der Waals surface area contributed by atoms with Crippen LogP contribution < -0.4 is 10.6 Å². The van der Waals surface area contributed by atoms with Crippen LogP contribution in [-0.2, 0) is 18.4 Å². The third-order valence-corrected chi connectivity index (χ3v) is 7.05. The molecule has 6 heterocycles. The minimum atomic E-state index is -0.546. The molecule has 2 unspecified atom stereocenters. The lowest BCUT2D eigenvalue weighted by Gasteiger charge is -2.44. The largest absolute Gasteiger partial charge is 0.446 e. The molecule has 0 bridgehead atoms. The highest BCUT2D eigenvalue weighted by atomic mass is 32.1. The average Bonchev–Trinajstić information content (AvgIpc) is 3.41. The fourth-order valence-corrected chi connectivity index (χ4v) is 5.88. The summed E-state index contributed by atoms with van der Waals surface area (Å²) < 4.78 is 5.94. The molecule has 7 nitrogen and oxygen atoms in total. The van der Waals surface area contributed by atoms with Crippen LogP contribution in [0.15, 0.2) is 28.9 Å². The Morgan fingerprint density at radius 1 is 1.21 bits per heavy atom. The highest BCUT2D eigenvalue weighted by Gasteiger charge is 2.51. The van der Waals surface area contributed by atoms with Gasteiger partial charge in [0.2, 0.25) is 0 Å². The zero-order valence-corrected chi connectivity index (χ0v) is 17.2. The molecule has 148 valence electrons. The molecule has 0 spiro atoms. The topological polar surface area (TPSA) is 91.7 Å². The maximum absolute atomic E-state index is 5.94. The maximum atomic E-state index is 5.94. The molecule has 4 aromatic heterocycles. The molecule has 2 aliphatic heterocycles. The monoisotopic (exact) mass is 406 g/mol. The zero-order valence-electron chi connectivity index (χ0n) is 16.4. The Morgan fingerprint density at radius 3 is 3.03 bits per heavy atom. The summed E-state index contributed by atoms with van der Waals surface area (Å²) in [4.78, 5) is 19.1. The van der Waals surface area contributed by atoms with Gasteiger partial charge in [0, 0.05) is 60.3 Å². The fraction of sp³-hybridized carbons (Fsp3) is 0.381. The Morgan fingerprint density at radius 2 is 2.14 bits per heavy atom. The first-order chi connectivity index (χ1) is 14.1. The van der Waals surface area contributed by atoms with Crippen molar-refractivity contribution in [2.75, 3.05) is 13.1 Å². The minimum absolute atomic E-state index is 0.0785. The third kappa shape index (κ3) is 2.46. The van der Waals surface area contributed by atoms with Gasteiger partial charge in [0.05, 0.1) is 16.7 Å². The lowest BCUT2D eigenvalue weighted by molar-refractivity contribution is 0.245. The smallest absolute Gasteiger partial charge is 0.191 e. The number of aromatic nitrogens is 4. The Labute approximate surface area is 172 Å². The van der Waals surface area contributed by atoms with E-state index in [4.69, 9.17) is 14.4 Å². The average molecular weight is 407 g/mol. The summed E-state index contributed by atoms with van der Waals surface area (Å²) >= 11 is 1.80. The van der Waals surface area contributed by atoms with Crippen molar-refractivity contribution in [1.29, 1.82) is 0 Å². The molecule has 2 aliphatic rings. The molecule has 0 aliphatic carbocycles. The van der Waals surface area contributed by atoms with Crippen LogP contribution in [0.25, 0.3) is 10.9 Å². The molecule has 0 saturated carbocycles. The van der Waals surface area contributed by atoms with Gasteiger partial charge >= 0.3 is 0 Å². The molecular formula is C21H22N6OS. The van der Waals surface area contributed by atoms with Crippen LogP contribution in [0.4, 0.5) is 0 Å². The molecule has 0 saturated heterocycles. The molecule has 0 radical (unpaired) electrons. The summed E-state index contributed by atoms with van der Waals surface area (Å²) in [6.07, 6.45) is 5.56. The standard InChI is InChI=1S/C21H22N6OS/c1-11-25-18-15(28-11)4-7-23-20(18)21(17-9-13-10-22-6-3-14(13)27-17)19-16(5-8-24-21)29-12(2)26-19/h3,6,9-10,20,23-24,27H,4-5,7-8H2,1-2H3. The summed E-state index contributed by atoms with van der Waals surface area (Å²) in [5.41, 5.74) is 3.68. The lowest BCUT2D eigenvalue weighted by atomic mass is 9.77. The summed E-state index contributed by atoms with van der Waals surface area (Å²) in [7, 11) is 0. The first-order valence-corrected chi connectivity index (χ1v) is 10.8. The summed E-state index contributed by atoms with van der Waals surface area (Å²) in [6.45, 7) is 5.73. The second kappa shape index (κ2) is 6.22. The van der Waals surface area contributed by atoms with Gasteiger partial charge in [0.15, 0.2) is 5.89 Å². The minimum Gasteiger partial charge on any atom is -0.446 e. The van der Waals surface area contributed by atoms with E-state index in [1.54, 1.807) is 11.3 Å². The molecule has 0 fully saturated rings. The van der Waals surface area contributed by atoms with Gasteiger partial charge in [-0.2, -0.15) is 0 Å². The van der Waals surface area contributed by atoms with Crippen molar-refractivity contribution in [3.63, 3.8) is 0 Å². The molecule has 2 atom stereocenters. The Kier molecular flexibility index (Phi) is 3.72. The van der Waals surface area contributed by atoms with E-state index in [0.29, 0.717) is 5.89 Å². The molecule has 0 aromatic carbocycles. The number of aromatic amines is 1. The Hall–Kier alpha value is -2.55. The Bertz CT molecular complexity index is 1190. The maximum Gasteiger partial charge on any atom is 0.191 e. The van der Waals surface area contributed by atoms with E-state index in [1.807, 2.05) is 25.4 Å². The predicted molar refractivity (Wildman–Crippen MR) is 111 cm³/mol. The lowest BCUT2D eigenvalue weighted by Crippen LogP contribution is -2.57. The van der Waals surface area contributed by atoms with Crippen molar-refractivity contribution in [1.82, 2.24) is 30.6 Å².